The van der Waals surface area contributed by atoms with Gasteiger partial charge in [0.1, 0.15) is 5.75 Å². The first-order chi connectivity index (χ1) is 15.7. The lowest BCUT2D eigenvalue weighted by molar-refractivity contribution is 0.0745. The highest BCUT2D eigenvalue weighted by atomic mass is 16.5. The quantitative estimate of drug-likeness (QED) is 0.517. The lowest BCUT2D eigenvalue weighted by atomic mass is 10.1. The van der Waals surface area contributed by atoms with Gasteiger partial charge in [-0.15, -0.1) is 0 Å². The second-order valence-electron chi connectivity index (χ2n) is 7.85. The molecule has 0 unspecified atom stereocenters. The molecule has 0 spiro atoms. The zero-order valence-electron chi connectivity index (χ0n) is 18.6. The molecule has 0 aliphatic carbocycles. The minimum Gasteiger partial charge on any atom is -0.494 e. The second kappa shape index (κ2) is 10.8. The fourth-order valence-electron chi connectivity index (χ4n) is 3.96. The summed E-state index contributed by atoms with van der Waals surface area (Å²) in [7, 11) is 0. The number of para-hydroxylation sites is 1. The third-order valence-electron chi connectivity index (χ3n) is 5.66. The Morgan fingerprint density at radius 1 is 0.844 bits per heavy atom. The summed E-state index contributed by atoms with van der Waals surface area (Å²) in [5.41, 5.74) is 3.91. The maximum atomic E-state index is 13.2. The molecule has 1 amide bonds. The molecule has 4 rings (SSSR count). The van der Waals surface area contributed by atoms with E-state index in [1.807, 2.05) is 78.6 Å². The Morgan fingerprint density at radius 2 is 1.53 bits per heavy atom. The second-order valence-corrected chi connectivity index (χ2v) is 7.85. The Kier molecular flexibility index (Phi) is 7.41. The van der Waals surface area contributed by atoms with Gasteiger partial charge in [0.15, 0.2) is 0 Å². The van der Waals surface area contributed by atoms with Crippen LogP contribution < -0.4 is 9.64 Å². The molecule has 5 heteroatoms. The van der Waals surface area contributed by atoms with Gasteiger partial charge < -0.3 is 19.3 Å². The predicted octanol–water partition coefficient (Wildman–Crippen LogP) is 4.76. The van der Waals surface area contributed by atoms with Crippen LogP contribution in [0.5, 0.6) is 5.75 Å². The van der Waals surface area contributed by atoms with Crippen LogP contribution in [0.25, 0.3) is 0 Å². The van der Waals surface area contributed by atoms with Gasteiger partial charge in [0, 0.05) is 43.0 Å². The largest absolute Gasteiger partial charge is 0.494 e. The smallest absolute Gasteiger partial charge is 0.253 e. The first kappa shape index (κ1) is 21.9. The van der Waals surface area contributed by atoms with Crippen molar-refractivity contribution in [2.24, 2.45) is 0 Å². The summed E-state index contributed by atoms with van der Waals surface area (Å²) in [4.78, 5) is 17.4. The van der Waals surface area contributed by atoms with Crippen LogP contribution in [0, 0.1) is 0 Å². The molecular formula is C27H30N2O3. The molecule has 32 heavy (non-hydrogen) atoms. The molecule has 1 saturated heterocycles. The molecule has 0 saturated carbocycles. The van der Waals surface area contributed by atoms with Crippen LogP contribution in [-0.4, -0.2) is 43.6 Å². The molecule has 3 aromatic rings. The van der Waals surface area contributed by atoms with Crippen molar-refractivity contribution in [2.45, 2.75) is 20.1 Å². The van der Waals surface area contributed by atoms with E-state index in [1.165, 1.54) is 5.69 Å². The monoisotopic (exact) mass is 430 g/mol. The third-order valence-corrected chi connectivity index (χ3v) is 5.66. The van der Waals surface area contributed by atoms with E-state index in [2.05, 4.69) is 17.0 Å². The molecule has 5 nitrogen and oxygen atoms in total. The number of rotatable bonds is 8. The van der Waals surface area contributed by atoms with Crippen LogP contribution in [-0.2, 0) is 18.0 Å². The van der Waals surface area contributed by atoms with E-state index in [-0.39, 0.29) is 5.91 Å². The van der Waals surface area contributed by atoms with Crippen molar-refractivity contribution < 1.29 is 14.3 Å². The van der Waals surface area contributed by atoms with Crippen molar-refractivity contribution >= 4 is 11.6 Å². The van der Waals surface area contributed by atoms with Crippen molar-refractivity contribution in [2.75, 3.05) is 37.7 Å². The third kappa shape index (κ3) is 5.48. The van der Waals surface area contributed by atoms with Gasteiger partial charge in [-0.25, -0.2) is 0 Å². The topological polar surface area (TPSA) is 42.0 Å². The van der Waals surface area contributed by atoms with Gasteiger partial charge in [0.25, 0.3) is 5.91 Å². The average Bonchev–Trinajstić information content (AvgIpc) is 2.86. The summed E-state index contributed by atoms with van der Waals surface area (Å²) >= 11 is 0. The van der Waals surface area contributed by atoms with E-state index in [0.717, 1.165) is 30.0 Å². The van der Waals surface area contributed by atoms with Gasteiger partial charge >= 0.3 is 0 Å². The molecule has 0 bridgehead atoms. The van der Waals surface area contributed by atoms with E-state index < -0.39 is 0 Å². The summed E-state index contributed by atoms with van der Waals surface area (Å²) < 4.78 is 11.7. The van der Waals surface area contributed by atoms with E-state index in [0.29, 0.717) is 38.5 Å². The van der Waals surface area contributed by atoms with Gasteiger partial charge in [0.05, 0.1) is 19.8 Å². The molecule has 3 aromatic carbocycles. The number of ether oxygens (including phenoxy) is 2. The highest BCUT2D eigenvalue weighted by molar-refractivity contribution is 5.94. The molecule has 0 atom stereocenters. The summed E-state index contributed by atoms with van der Waals surface area (Å²) in [5, 5.41) is 0. The highest BCUT2D eigenvalue weighted by Gasteiger charge is 2.23. The number of piperazine rings is 1. The number of amides is 1. The number of anilines is 1. The summed E-state index contributed by atoms with van der Waals surface area (Å²) in [6, 6.07) is 26.1. The lowest BCUT2D eigenvalue weighted by Crippen LogP contribution is -2.48. The number of hydrogen-bond donors (Lipinski definition) is 0. The van der Waals surface area contributed by atoms with Crippen molar-refractivity contribution in [3.05, 3.63) is 95.6 Å². The first-order valence-corrected chi connectivity index (χ1v) is 11.2. The van der Waals surface area contributed by atoms with Gasteiger partial charge in [-0.2, -0.15) is 0 Å². The van der Waals surface area contributed by atoms with E-state index in [4.69, 9.17) is 9.47 Å². The van der Waals surface area contributed by atoms with E-state index >= 15 is 0 Å². The molecule has 0 N–H and O–H groups in total. The van der Waals surface area contributed by atoms with Gasteiger partial charge in [-0.1, -0.05) is 48.5 Å². The van der Waals surface area contributed by atoms with Crippen molar-refractivity contribution in [3.63, 3.8) is 0 Å². The minimum atomic E-state index is 0.0602. The van der Waals surface area contributed by atoms with Crippen LogP contribution >= 0.6 is 0 Å². The molecular weight excluding hydrogens is 400 g/mol. The fourth-order valence-corrected chi connectivity index (χ4v) is 3.96. The van der Waals surface area contributed by atoms with Gasteiger partial charge in [0.2, 0.25) is 0 Å². The Hall–Kier alpha value is -3.31. The van der Waals surface area contributed by atoms with Crippen molar-refractivity contribution in [3.8, 4) is 5.75 Å². The number of benzene rings is 3. The van der Waals surface area contributed by atoms with E-state index in [9.17, 15) is 4.79 Å². The molecule has 1 heterocycles. The Balaban J connectivity index is 1.40. The number of hydrogen-bond acceptors (Lipinski definition) is 4. The maximum Gasteiger partial charge on any atom is 0.253 e. The highest BCUT2D eigenvalue weighted by Crippen LogP contribution is 2.24. The summed E-state index contributed by atoms with van der Waals surface area (Å²) in [6.07, 6.45) is 0. The van der Waals surface area contributed by atoms with Crippen molar-refractivity contribution in [1.29, 1.82) is 0 Å². The normalized spacial score (nSPS) is 13.8. The fraction of sp³-hybridized carbons (Fsp3) is 0.296. The molecule has 1 aliphatic rings. The molecule has 0 radical (unpaired) electrons. The molecule has 166 valence electrons. The number of carbonyl (C=O) groups is 1. The first-order valence-electron chi connectivity index (χ1n) is 11.2. The van der Waals surface area contributed by atoms with Crippen LogP contribution in [0.15, 0.2) is 78.9 Å². The number of carbonyl (C=O) groups excluding carboxylic acids is 1. The Bertz CT molecular complexity index is 1000. The summed E-state index contributed by atoms with van der Waals surface area (Å²) in [6.45, 7) is 6.53. The Morgan fingerprint density at radius 3 is 2.22 bits per heavy atom. The number of nitrogens with zero attached hydrogens (tertiary/aromatic N) is 2. The minimum absolute atomic E-state index is 0.0602. The SMILES string of the molecule is CCOc1ccc(C(=O)N2CCN(c3ccccc3)CC2)cc1COCc1ccccc1. The Labute approximate surface area is 190 Å². The van der Waals surface area contributed by atoms with Crippen LogP contribution in [0.3, 0.4) is 0 Å². The summed E-state index contributed by atoms with van der Waals surface area (Å²) in [5.74, 6) is 0.830. The van der Waals surface area contributed by atoms with Crippen molar-refractivity contribution in [1.82, 2.24) is 4.90 Å². The van der Waals surface area contributed by atoms with E-state index in [1.54, 1.807) is 0 Å². The maximum absolute atomic E-state index is 13.2. The van der Waals surface area contributed by atoms with Gasteiger partial charge in [-0.3, -0.25) is 4.79 Å². The molecule has 1 fully saturated rings. The lowest BCUT2D eigenvalue weighted by Gasteiger charge is -2.36. The molecule has 1 aliphatic heterocycles. The van der Waals surface area contributed by atoms with Gasteiger partial charge in [-0.05, 0) is 42.8 Å². The van der Waals surface area contributed by atoms with Crippen LogP contribution in [0.1, 0.15) is 28.4 Å². The van der Waals surface area contributed by atoms with Crippen LogP contribution in [0.2, 0.25) is 0 Å². The standard InChI is InChI=1S/C27H30N2O3/c1-2-32-26-14-13-23(19-24(26)21-31-20-22-9-5-3-6-10-22)27(30)29-17-15-28(16-18-29)25-11-7-4-8-12-25/h3-14,19H,2,15-18,20-21H2,1H3. The predicted molar refractivity (Wildman–Crippen MR) is 127 cm³/mol. The van der Waals surface area contributed by atoms with Crippen LogP contribution in [0.4, 0.5) is 5.69 Å². The zero-order chi connectivity index (χ0) is 22.2. The average molecular weight is 431 g/mol. The zero-order valence-corrected chi connectivity index (χ0v) is 18.6. The molecule has 0 aromatic heterocycles.